The smallest absolute Gasteiger partial charge is 0.269 e. The minimum absolute atomic E-state index is 0.113. The first-order valence-corrected chi connectivity index (χ1v) is 6.64. The van der Waals surface area contributed by atoms with Gasteiger partial charge >= 0.3 is 0 Å². The van der Waals surface area contributed by atoms with Crippen LogP contribution in [0.2, 0.25) is 5.02 Å². The van der Waals surface area contributed by atoms with Gasteiger partial charge in [-0.15, -0.1) is 0 Å². The van der Waals surface area contributed by atoms with Crippen molar-refractivity contribution in [1.82, 2.24) is 20.4 Å². The molecule has 0 unspecified atom stereocenters. The van der Waals surface area contributed by atoms with E-state index in [4.69, 9.17) is 11.6 Å². The number of H-pyrrole nitrogens is 1. The summed E-state index contributed by atoms with van der Waals surface area (Å²) < 4.78 is 0. The molecule has 0 bridgehead atoms. The van der Waals surface area contributed by atoms with Crippen molar-refractivity contribution in [3.8, 4) is 0 Å². The molecule has 1 amide bonds. The Labute approximate surface area is 122 Å². The number of carbonyl (C=O) groups excluding carboxylic acids is 1. The minimum atomic E-state index is -0.177. The van der Waals surface area contributed by atoms with Crippen LogP contribution in [-0.4, -0.2) is 41.6 Å². The molecule has 0 aliphatic rings. The lowest BCUT2D eigenvalue weighted by molar-refractivity contribution is 0.0925. The lowest BCUT2D eigenvalue weighted by Gasteiger charge is -2.22. The van der Waals surface area contributed by atoms with Crippen LogP contribution in [0.3, 0.4) is 0 Å². The number of aromatic nitrogens is 2. The van der Waals surface area contributed by atoms with E-state index < -0.39 is 0 Å². The predicted octanol–water partition coefficient (Wildman–Crippen LogP) is 2.10. The Kier molecular flexibility index (Phi) is 4.76. The normalized spacial score (nSPS) is 12.4. The van der Waals surface area contributed by atoms with Gasteiger partial charge in [0.15, 0.2) is 0 Å². The second kappa shape index (κ2) is 6.54. The summed E-state index contributed by atoms with van der Waals surface area (Å²) in [6.07, 6.45) is 1.55. The molecule has 2 N–H and O–H groups in total. The Morgan fingerprint density at radius 2 is 2.05 bits per heavy atom. The van der Waals surface area contributed by atoms with Crippen molar-refractivity contribution >= 4 is 17.5 Å². The van der Waals surface area contributed by atoms with Gasteiger partial charge in [0.05, 0.1) is 6.04 Å². The summed E-state index contributed by atoms with van der Waals surface area (Å²) in [7, 11) is 3.93. The topological polar surface area (TPSA) is 61.0 Å². The summed E-state index contributed by atoms with van der Waals surface area (Å²) in [5, 5.41) is 10.1. The van der Waals surface area contributed by atoms with Crippen LogP contribution in [0.4, 0.5) is 0 Å². The molecule has 1 heterocycles. The Morgan fingerprint density at radius 1 is 1.35 bits per heavy atom. The van der Waals surface area contributed by atoms with E-state index in [2.05, 4.69) is 15.5 Å². The van der Waals surface area contributed by atoms with E-state index >= 15 is 0 Å². The Morgan fingerprint density at radius 3 is 2.60 bits per heavy atom. The van der Waals surface area contributed by atoms with Crippen LogP contribution < -0.4 is 5.32 Å². The van der Waals surface area contributed by atoms with Gasteiger partial charge < -0.3 is 10.2 Å². The number of amides is 1. The summed E-state index contributed by atoms with van der Waals surface area (Å²) in [5.74, 6) is -0.177. The number of hydrogen-bond acceptors (Lipinski definition) is 3. The molecule has 0 aliphatic carbocycles. The number of halogens is 1. The number of likely N-dealkylation sites (N-methyl/N-ethyl adjacent to an activating group) is 1. The molecule has 0 radical (unpaired) electrons. The highest BCUT2D eigenvalue weighted by molar-refractivity contribution is 6.30. The number of nitrogens with one attached hydrogen (secondary N) is 2. The Balaban J connectivity index is 2.15. The molecule has 1 atom stereocenters. The molecule has 6 heteroatoms. The molecule has 0 aliphatic heterocycles. The average Bonchev–Trinajstić information content (AvgIpc) is 2.92. The van der Waals surface area contributed by atoms with Crippen LogP contribution in [0, 0.1) is 0 Å². The first-order valence-electron chi connectivity index (χ1n) is 6.26. The second-order valence-corrected chi connectivity index (χ2v) is 5.25. The molecule has 1 aromatic carbocycles. The maximum Gasteiger partial charge on any atom is 0.269 e. The van der Waals surface area contributed by atoms with Gasteiger partial charge in [-0.3, -0.25) is 9.89 Å². The molecule has 0 saturated heterocycles. The fraction of sp³-hybridized carbons (Fsp3) is 0.286. The zero-order valence-electron chi connectivity index (χ0n) is 11.4. The van der Waals surface area contributed by atoms with E-state index in [0.717, 1.165) is 5.56 Å². The van der Waals surface area contributed by atoms with Crippen molar-refractivity contribution in [2.45, 2.75) is 6.04 Å². The molecule has 2 aromatic rings. The molecule has 5 nitrogen and oxygen atoms in total. The third-order valence-corrected chi connectivity index (χ3v) is 3.12. The summed E-state index contributed by atoms with van der Waals surface area (Å²) >= 11 is 5.90. The largest absolute Gasteiger partial charge is 0.343 e. The summed E-state index contributed by atoms with van der Waals surface area (Å²) in [5.41, 5.74) is 1.46. The third-order valence-electron chi connectivity index (χ3n) is 2.87. The second-order valence-electron chi connectivity index (χ2n) is 4.81. The number of hydrogen-bond donors (Lipinski definition) is 2. The minimum Gasteiger partial charge on any atom is -0.343 e. The molecule has 0 saturated carbocycles. The SMILES string of the molecule is CN(C)C[C@H](NC(=O)c1ccn[nH]1)c1ccc(Cl)cc1. The van der Waals surface area contributed by atoms with Gasteiger partial charge in [0, 0.05) is 17.8 Å². The molecule has 20 heavy (non-hydrogen) atoms. The van der Waals surface area contributed by atoms with Gasteiger partial charge in [0.25, 0.3) is 5.91 Å². The van der Waals surface area contributed by atoms with E-state index in [1.165, 1.54) is 0 Å². The molecular formula is C14H17ClN4O. The lowest BCUT2D eigenvalue weighted by atomic mass is 10.1. The Bertz CT molecular complexity index is 551. The molecule has 1 aromatic heterocycles. The van der Waals surface area contributed by atoms with E-state index in [9.17, 15) is 4.79 Å². The maximum atomic E-state index is 12.1. The van der Waals surface area contributed by atoms with Crippen molar-refractivity contribution in [3.63, 3.8) is 0 Å². The fourth-order valence-electron chi connectivity index (χ4n) is 1.91. The van der Waals surface area contributed by atoms with Crippen molar-refractivity contribution < 1.29 is 4.79 Å². The van der Waals surface area contributed by atoms with E-state index in [1.807, 2.05) is 43.3 Å². The highest BCUT2D eigenvalue weighted by atomic mass is 35.5. The van der Waals surface area contributed by atoms with Gasteiger partial charge in [-0.1, -0.05) is 23.7 Å². The van der Waals surface area contributed by atoms with E-state index in [-0.39, 0.29) is 11.9 Å². The van der Waals surface area contributed by atoms with Gasteiger partial charge in [-0.2, -0.15) is 5.10 Å². The van der Waals surface area contributed by atoms with Crippen LogP contribution in [0.1, 0.15) is 22.1 Å². The van der Waals surface area contributed by atoms with Gasteiger partial charge in [0.1, 0.15) is 5.69 Å². The number of aromatic amines is 1. The van der Waals surface area contributed by atoms with Gasteiger partial charge in [-0.25, -0.2) is 0 Å². The van der Waals surface area contributed by atoms with Gasteiger partial charge in [-0.05, 0) is 37.9 Å². The molecule has 2 rings (SSSR count). The van der Waals surface area contributed by atoms with Crippen molar-refractivity contribution in [3.05, 3.63) is 52.8 Å². The molecule has 106 valence electrons. The van der Waals surface area contributed by atoms with Crippen LogP contribution in [0.25, 0.3) is 0 Å². The average molecular weight is 293 g/mol. The van der Waals surface area contributed by atoms with Gasteiger partial charge in [0.2, 0.25) is 0 Å². The molecule has 0 spiro atoms. The lowest BCUT2D eigenvalue weighted by Crippen LogP contribution is -2.35. The summed E-state index contributed by atoms with van der Waals surface area (Å²) in [4.78, 5) is 14.1. The van der Waals surface area contributed by atoms with E-state index in [0.29, 0.717) is 17.3 Å². The monoisotopic (exact) mass is 292 g/mol. The van der Waals surface area contributed by atoms with Crippen LogP contribution in [0.5, 0.6) is 0 Å². The van der Waals surface area contributed by atoms with Crippen molar-refractivity contribution in [2.75, 3.05) is 20.6 Å². The molecular weight excluding hydrogens is 276 g/mol. The first kappa shape index (κ1) is 14.6. The number of rotatable bonds is 5. The highest BCUT2D eigenvalue weighted by Crippen LogP contribution is 2.17. The standard InChI is InChI=1S/C14H17ClN4O/c1-19(2)9-13(10-3-5-11(15)6-4-10)17-14(20)12-7-8-16-18-12/h3-8,13H,9H2,1-2H3,(H,16,18)(H,17,20)/t13-/m0/s1. The maximum absolute atomic E-state index is 12.1. The van der Waals surface area contributed by atoms with Crippen LogP contribution in [-0.2, 0) is 0 Å². The van der Waals surface area contributed by atoms with E-state index in [1.54, 1.807) is 12.3 Å². The zero-order chi connectivity index (χ0) is 14.5. The quantitative estimate of drug-likeness (QED) is 0.887. The Hall–Kier alpha value is -1.85. The summed E-state index contributed by atoms with van der Waals surface area (Å²) in [6, 6.07) is 9.01. The zero-order valence-corrected chi connectivity index (χ0v) is 12.2. The van der Waals surface area contributed by atoms with Crippen molar-refractivity contribution in [2.24, 2.45) is 0 Å². The fourth-order valence-corrected chi connectivity index (χ4v) is 2.04. The highest BCUT2D eigenvalue weighted by Gasteiger charge is 2.17. The summed E-state index contributed by atoms with van der Waals surface area (Å²) in [6.45, 7) is 0.696. The third kappa shape index (κ3) is 3.82. The van der Waals surface area contributed by atoms with Crippen molar-refractivity contribution in [1.29, 1.82) is 0 Å². The number of nitrogens with zero attached hydrogens (tertiary/aromatic N) is 2. The number of carbonyl (C=O) groups is 1. The molecule has 0 fully saturated rings. The number of benzene rings is 1. The first-order chi connectivity index (χ1) is 9.56. The van der Waals surface area contributed by atoms with Crippen LogP contribution >= 0.6 is 11.6 Å². The predicted molar refractivity (Wildman–Crippen MR) is 78.8 cm³/mol. The van der Waals surface area contributed by atoms with Crippen LogP contribution in [0.15, 0.2) is 36.5 Å².